The van der Waals surface area contributed by atoms with Gasteiger partial charge in [-0.15, -0.1) is 11.3 Å². The first-order valence-electron chi connectivity index (χ1n) is 3.30. The highest BCUT2D eigenvalue weighted by molar-refractivity contribution is 9.11. The number of halogens is 1. The third-order valence-corrected chi connectivity index (χ3v) is 3.29. The second kappa shape index (κ2) is 4.21. The molecule has 0 spiro atoms. The zero-order chi connectivity index (χ0) is 8.27. The molecule has 2 nitrogen and oxygen atoms in total. The number of rotatable bonds is 3. The van der Waals surface area contributed by atoms with Crippen molar-refractivity contribution in [2.75, 3.05) is 7.05 Å². The van der Waals surface area contributed by atoms with Gasteiger partial charge in [-0.1, -0.05) is 0 Å². The maximum Gasteiger partial charge on any atom is 0.0756 e. The third kappa shape index (κ3) is 2.27. The maximum atomic E-state index is 8.86. The Labute approximate surface area is 78.4 Å². The lowest BCUT2D eigenvalue weighted by Gasteiger charge is -1.90. The van der Waals surface area contributed by atoms with Crippen LogP contribution in [0.2, 0.25) is 0 Å². The summed E-state index contributed by atoms with van der Waals surface area (Å²) in [6.45, 7) is 0.976. The summed E-state index contributed by atoms with van der Waals surface area (Å²) in [6, 6.07) is 2.01. The fraction of sp³-hybridized carbons (Fsp3) is 0.429. The summed E-state index contributed by atoms with van der Waals surface area (Å²) in [6.07, 6.45) is 0. The van der Waals surface area contributed by atoms with Gasteiger partial charge in [0, 0.05) is 17.0 Å². The van der Waals surface area contributed by atoms with E-state index in [4.69, 9.17) is 5.11 Å². The van der Waals surface area contributed by atoms with Crippen LogP contribution in [0, 0.1) is 0 Å². The molecule has 0 aliphatic rings. The number of thiophene rings is 1. The van der Waals surface area contributed by atoms with Crippen LogP contribution in [-0.2, 0) is 13.2 Å². The molecule has 2 N–H and O–H groups in total. The molecule has 0 aliphatic heterocycles. The Hall–Kier alpha value is 0.1000. The van der Waals surface area contributed by atoms with Gasteiger partial charge in [0.1, 0.15) is 0 Å². The van der Waals surface area contributed by atoms with E-state index in [1.807, 2.05) is 13.1 Å². The SMILES string of the molecule is CNCc1cc(CO)c(Br)s1. The molecular formula is C7H10BrNOS. The summed E-state index contributed by atoms with van der Waals surface area (Å²) < 4.78 is 1.03. The van der Waals surface area contributed by atoms with Crippen molar-refractivity contribution in [3.63, 3.8) is 0 Å². The first-order chi connectivity index (χ1) is 5.27. The monoisotopic (exact) mass is 235 g/mol. The van der Waals surface area contributed by atoms with Crippen LogP contribution in [0.1, 0.15) is 10.4 Å². The number of nitrogens with one attached hydrogen (secondary N) is 1. The van der Waals surface area contributed by atoms with E-state index >= 15 is 0 Å². The fourth-order valence-corrected chi connectivity index (χ4v) is 2.60. The summed E-state index contributed by atoms with van der Waals surface area (Å²) in [5, 5.41) is 11.9. The van der Waals surface area contributed by atoms with Gasteiger partial charge < -0.3 is 10.4 Å². The summed E-state index contributed by atoms with van der Waals surface area (Å²) in [7, 11) is 1.91. The van der Waals surface area contributed by atoms with E-state index in [2.05, 4.69) is 21.2 Å². The van der Waals surface area contributed by atoms with E-state index < -0.39 is 0 Å². The lowest BCUT2D eigenvalue weighted by Crippen LogP contribution is -2.02. The Kier molecular flexibility index (Phi) is 3.51. The van der Waals surface area contributed by atoms with Crippen molar-refractivity contribution in [2.24, 2.45) is 0 Å². The highest BCUT2D eigenvalue weighted by Gasteiger charge is 2.03. The molecule has 0 unspecified atom stereocenters. The minimum absolute atomic E-state index is 0.112. The van der Waals surface area contributed by atoms with Crippen LogP contribution in [-0.4, -0.2) is 12.2 Å². The molecule has 11 heavy (non-hydrogen) atoms. The molecule has 0 saturated carbocycles. The molecule has 1 aromatic heterocycles. The van der Waals surface area contributed by atoms with Crippen molar-refractivity contribution in [1.82, 2.24) is 5.32 Å². The molecule has 0 aliphatic carbocycles. The summed E-state index contributed by atoms with van der Waals surface area (Å²) in [5.41, 5.74) is 0.972. The van der Waals surface area contributed by atoms with Crippen molar-refractivity contribution in [2.45, 2.75) is 13.2 Å². The molecule has 1 aromatic rings. The molecule has 1 rings (SSSR count). The van der Waals surface area contributed by atoms with Gasteiger partial charge in [0.2, 0.25) is 0 Å². The summed E-state index contributed by atoms with van der Waals surface area (Å²) >= 11 is 5.04. The van der Waals surface area contributed by atoms with Gasteiger partial charge in [0.05, 0.1) is 10.4 Å². The van der Waals surface area contributed by atoms with Crippen LogP contribution in [0.5, 0.6) is 0 Å². The Morgan fingerprint density at radius 1 is 1.73 bits per heavy atom. The number of aliphatic hydroxyl groups excluding tert-OH is 1. The molecular weight excluding hydrogens is 226 g/mol. The average Bonchev–Trinajstić information content (AvgIpc) is 2.32. The second-order valence-corrected chi connectivity index (χ2v) is 4.65. The van der Waals surface area contributed by atoms with E-state index in [0.717, 1.165) is 15.9 Å². The minimum Gasteiger partial charge on any atom is -0.392 e. The average molecular weight is 236 g/mol. The Morgan fingerprint density at radius 2 is 2.45 bits per heavy atom. The summed E-state index contributed by atoms with van der Waals surface area (Å²) in [4.78, 5) is 1.24. The normalized spacial score (nSPS) is 10.5. The predicted octanol–water partition coefficient (Wildman–Crippen LogP) is 1.72. The van der Waals surface area contributed by atoms with Crippen molar-refractivity contribution in [3.8, 4) is 0 Å². The van der Waals surface area contributed by atoms with Gasteiger partial charge in [-0.2, -0.15) is 0 Å². The minimum atomic E-state index is 0.112. The van der Waals surface area contributed by atoms with Gasteiger partial charge in [-0.25, -0.2) is 0 Å². The van der Waals surface area contributed by atoms with Crippen LogP contribution in [0.25, 0.3) is 0 Å². The van der Waals surface area contributed by atoms with Gasteiger partial charge in [0.15, 0.2) is 0 Å². The lowest BCUT2D eigenvalue weighted by atomic mass is 10.3. The largest absolute Gasteiger partial charge is 0.392 e. The first-order valence-corrected chi connectivity index (χ1v) is 4.91. The molecule has 0 amide bonds. The van der Waals surface area contributed by atoms with Crippen molar-refractivity contribution in [3.05, 3.63) is 20.3 Å². The van der Waals surface area contributed by atoms with Crippen LogP contribution < -0.4 is 5.32 Å². The van der Waals surface area contributed by atoms with Crippen molar-refractivity contribution < 1.29 is 5.11 Å². The molecule has 4 heteroatoms. The van der Waals surface area contributed by atoms with Crippen LogP contribution in [0.3, 0.4) is 0 Å². The van der Waals surface area contributed by atoms with Crippen LogP contribution in [0.15, 0.2) is 9.85 Å². The molecule has 1 heterocycles. The smallest absolute Gasteiger partial charge is 0.0756 e. The molecule has 0 bridgehead atoms. The fourth-order valence-electron chi connectivity index (χ4n) is 0.830. The lowest BCUT2D eigenvalue weighted by molar-refractivity contribution is 0.281. The van der Waals surface area contributed by atoms with Crippen molar-refractivity contribution in [1.29, 1.82) is 0 Å². The van der Waals surface area contributed by atoms with Crippen LogP contribution in [0.4, 0.5) is 0 Å². The quantitative estimate of drug-likeness (QED) is 0.837. The number of hydrogen-bond acceptors (Lipinski definition) is 3. The Balaban J connectivity index is 2.77. The summed E-state index contributed by atoms with van der Waals surface area (Å²) in [5.74, 6) is 0. The number of hydrogen-bond donors (Lipinski definition) is 2. The van der Waals surface area contributed by atoms with E-state index in [-0.39, 0.29) is 6.61 Å². The van der Waals surface area contributed by atoms with Gasteiger partial charge in [0.25, 0.3) is 0 Å². The molecule has 0 atom stereocenters. The van der Waals surface area contributed by atoms with Gasteiger partial charge in [-0.05, 0) is 29.0 Å². The van der Waals surface area contributed by atoms with E-state index in [1.165, 1.54) is 4.88 Å². The van der Waals surface area contributed by atoms with Gasteiger partial charge in [-0.3, -0.25) is 0 Å². The maximum absolute atomic E-state index is 8.86. The van der Waals surface area contributed by atoms with E-state index in [0.29, 0.717) is 0 Å². The Morgan fingerprint density at radius 3 is 2.91 bits per heavy atom. The highest BCUT2D eigenvalue weighted by atomic mass is 79.9. The van der Waals surface area contributed by atoms with E-state index in [9.17, 15) is 0 Å². The zero-order valence-corrected chi connectivity index (χ0v) is 8.63. The molecule has 0 fully saturated rings. The van der Waals surface area contributed by atoms with Gasteiger partial charge >= 0.3 is 0 Å². The second-order valence-electron chi connectivity index (χ2n) is 2.20. The molecule has 0 aromatic carbocycles. The third-order valence-electron chi connectivity index (χ3n) is 1.33. The topological polar surface area (TPSA) is 32.3 Å². The first kappa shape index (κ1) is 9.19. The van der Waals surface area contributed by atoms with E-state index in [1.54, 1.807) is 11.3 Å². The standard InChI is InChI=1S/C7H10BrNOS/c1-9-3-6-2-5(4-10)7(8)11-6/h2,9-10H,3-4H2,1H3. The highest BCUT2D eigenvalue weighted by Crippen LogP contribution is 2.27. The molecule has 62 valence electrons. The number of aliphatic hydroxyl groups is 1. The van der Waals surface area contributed by atoms with Crippen molar-refractivity contribution >= 4 is 27.3 Å². The molecule has 0 radical (unpaired) electrons. The molecule has 0 saturated heterocycles. The predicted molar refractivity (Wildman–Crippen MR) is 50.7 cm³/mol. The zero-order valence-electron chi connectivity index (χ0n) is 6.22. The van der Waals surface area contributed by atoms with Crippen LogP contribution >= 0.6 is 27.3 Å². The Bertz CT molecular complexity index is 236.